The Hall–Kier alpha value is -1.55. The van der Waals surface area contributed by atoms with Crippen LogP contribution in [-0.4, -0.2) is 12.5 Å². The van der Waals surface area contributed by atoms with Crippen molar-refractivity contribution in [3.8, 4) is 5.75 Å². The molecule has 0 heterocycles. The van der Waals surface area contributed by atoms with Crippen LogP contribution in [0.2, 0.25) is 0 Å². The Bertz CT molecular complexity index is 408. The van der Waals surface area contributed by atoms with Crippen molar-refractivity contribution >= 4 is 11.6 Å². The molecule has 1 aromatic rings. The van der Waals surface area contributed by atoms with E-state index in [2.05, 4.69) is 5.32 Å². The van der Waals surface area contributed by atoms with Crippen LogP contribution in [-0.2, 0) is 10.3 Å². The van der Waals surface area contributed by atoms with E-state index in [4.69, 9.17) is 10.5 Å². The molecule has 0 aliphatic carbocycles. The van der Waals surface area contributed by atoms with Crippen LogP contribution >= 0.6 is 0 Å². The second-order valence-corrected chi connectivity index (χ2v) is 4.55. The Kier molecular flexibility index (Phi) is 4.12. The van der Waals surface area contributed by atoms with E-state index in [0.29, 0.717) is 18.0 Å². The zero-order valence-electron chi connectivity index (χ0n) is 10.8. The third-order valence-corrected chi connectivity index (χ3v) is 2.33. The lowest BCUT2D eigenvalue weighted by Gasteiger charge is -2.21. The Morgan fingerprint density at radius 1 is 1.47 bits per heavy atom. The molecule has 0 saturated heterocycles. The lowest BCUT2D eigenvalue weighted by Crippen LogP contribution is -2.28. The molecule has 3 N–H and O–H groups in total. The van der Waals surface area contributed by atoms with Crippen LogP contribution < -0.4 is 15.8 Å². The van der Waals surface area contributed by atoms with Gasteiger partial charge in [0.25, 0.3) is 0 Å². The zero-order valence-corrected chi connectivity index (χ0v) is 10.8. The molecule has 4 heteroatoms. The third kappa shape index (κ3) is 3.75. The van der Waals surface area contributed by atoms with E-state index in [-0.39, 0.29) is 5.91 Å². The predicted octanol–water partition coefficient (Wildman–Crippen LogP) is 2.24. The second-order valence-electron chi connectivity index (χ2n) is 4.55. The number of carbonyl (C=O) groups is 1. The molecule has 4 nitrogen and oxygen atoms in total. The summed E-state index contributed by atoms with van der Waals surface area (Å²) in [6, 6.07) is 5.60. The fourth-order valence-electron chi connectivity index (χ4n) is 1.50. The number of anilines is 1. The molecular formula is C13H20N2O2. The number of ether oxygens (including phenoxy) is 1. The molecule has 0 atom stereocenters. The first-order chi connectivity index (χ1) is 7.84. The SMILES string of the molecule is CCOc1ccc(C(C)(C)N)cc1NC(C)=O. The van der Waals surface area contributed by atoms with Crippen LogP contribution in [0.5, 0.6) is 5.75 Å². The molecule has 17 heavy (non-hydrogen) atoms. The van der Waals surface area contributed by atoms with Crippen molar-refractivity contribution < 1.29 is 9.53 Å². The van der Waals surface area contributed by atoms with Gasteiger partial charge >= 0.3 is 0 Å². The highest BCUT2D eigenvalue weighted by atomic mass is 16.5. The first-order valence-corrected chi connectivity index (χ1v) is 5.68. The number of hydrogen-bond acceptors (Lipinski definition) is 3. The molecule has 1 aromatic carbocycles. The molecule has 0 fully saturated rings. The molecule has 0 unspecified atom stereocenters. The maximum absolute atomic E-state index is 11.1. The quantitative estimate of drug-likeness (QED) is 0.842. The van der Waals surface area contributed by atoms with Crippen LogP contribution in [0.3, 0.4) is 0 Å². The Labute approximate surface area is 102 Å². The molecular weight excluding hydrogens is 216 g/mol. The van der Waals surface area contributed by atoms with E-state index in [0.717, 1.165) is 5.56 Å². The minimum Gasteiger partial charge on any atom is -0.492 e. The summed E-state index contributed by atoms with van der Waals surface area (Å²) in [6.07, 6.45) is 0. The minimum absolute atomic E-state index is 0.127. The van der Waals surface area contributed by atoms with Gasteiger partial charge in [-0.1, -0.05) is 6.07 Å². The predicted molar refractivity (Wildman–Crippen MR) is 69.1 cm³/mol. The van der Waals surface area contributed by atoms with Crippen LogP contribution in [0.15, 0.2) is 18.2 Å². The van der Waals surface area contributed by atoms with E-state index in [1.807, 2.05) is 39.0 Å². The van der Waals surface area contributed by atoms with Gasteiger partial charge in [-0.15, -0.1) is 0 Å². The summed E-state index contributed by atoms with van der Waals surface area (Å²) in [5.74, 6) is 0.536. The fourth-order valence-corrected chi connectivity index (χ4v) is 1.50. The largest absolute Gasteiger partial charge is 0.492 e. The maximum atomic E-state index is 11.1. The van der Waals surface area contributed by atoms with E-state index >= 15 is 0 Å². The molecule has 0 aliphatic heterocycles. The molecule has 1 amide bonds. The van der Waals surface area contributed by atoms with E-state index < -0.39 is 5.54 Å². The molecule has 0 saturated carbocycles. The number of amides is 1. The van der Waals surface area contributed by atoms with E-state index in [9.17, 15) is 4.79 Å². The summed E-state index contributed by atoms with van der Waals surface area (Å²) in [6.45, 7) is 7.76. The van der Waals surface area contributed by atoms with Crippen LogP contribution in [0.25, 0.3) is 0 Å². The van der Waals surface area contributed by atoms with Gasteiger partial charge in [0.15, 0.2) is 0 Å². The van der Waals surface area contributed by atoms with Crippen molar-refractivity contribution in [2.45, 2.75) is 33.2 Å². The Morgan fingerprint density at radius 3 is 2.59 bits per heavy atom. The van der Waals surface area contributed by atoms with Crippen molar-refractivity contribution in [1.82, 2.24) is 0 Å². The van der Waals surface area contributed by atoms with Gasteiger partial charge in [0, 0.05) is 12.5 Å². The minimum atomic E-state index is -0.446. The van der Waals surface area contributed by atoms with Gasteiger partial charge in [0.05, 0.1) is 12.3 Å². The molecule has 0 aromatic heterocycles. The van der Waals surface area contributed by atoms with Crippen molar-refractivity contribution in [2.24, 2.45) is 5.73 Å². The highest BCUT2D eigenvalue weighted by Crippen LogP contribution is 2.29. The molecule has 0 aliphatic rings. The Morgan fingerprint density at radius 2 is 2.12 bits per heavy atom. The van der Waals surface area contributed by atoms with E-state index in [1.54, 1.807) is 0 Å². The average molecular weight is 236 g/mol. The molecule has 0 radical (unpaired) electrons. The summed E-state index contributed by atoms with van der Waals surface area (Å²) >= 11 is 0. The van der Waals surface area contributed by atoms with Crippen LogP contribution in [0.4, 0.5) is 5.69 Å². The van der Waals surface area contributed by atoms with Crippen molar-refractivity contribution in [1.29, 1.82) is 0 Å². The first-order valence-electron chi connectivity index (χ1n) is 5.68. The maximum Gasteiger partial charge on any atom is 0.221 e. The van der Waals surface area contributed by atoms with Crippen molar-refractivity contribution in [2.75, 3.05) is 11.9 Å². The third-order valence-electron chi connectivity index (χ3n) is 2.33. The Balaban J connectivity index is 3.14. The summed E-state index contributed by atoms with van der Waals surface area (Å²) in [7, 11) is 0. The topological polar surface area (TPSA) is 64.3 Å². The van der Waals surface area contributed by atoms with Crippen molar-refractivity contribution in [3.63, 3.8) is 0 Å². The summed E-state index contributed by atoms with van der Waals surface area (Å²) < 4.78 is 5.45. The smallest absolute Gasteiger partial charge is 0.221 e. The standard InChI is InChI=1S/C13H20N2O2/c1-5-17-12-7-6-10(13(3,4)14)8-11(12)15-9(2)16/h6-8H,5,14H2,1-4H3,(H,15,16). The van der Waals surface area contributed by atoms with Crippen molar-refractivity contribution in [3.05, 3.63) is 23.8 Å². The van der Waals surface area contributed by atoms with Crippen LogP contribution in [0, 0.1) is 0 Å². The van der Waals surface area contributed by atoms with Gasteiger partial charge in [-0.2, -0.15) is 0 Å². The molecule has 94 valence electrons. The highest BCUT2D eigenvalue weighted by molar-refractivity contribution is 5.90. The summed E-state index contributed by atoms with van der Waals surface area (Å²) in [5, 5.41) is 2.75. The molecule has 1 rings (SSSR count). The number of nitrogens with two attached hydrogens (primary N) is 1. The van der Waals surface area contributed by atoms with Gasteiger partial charge in [-0.3, -0.25) is 4.79 Å². The fraction of sp³-hybridized carbons (Fsp3) is 0.462. The number of carbonyl (C=O) groups excluding carboxylic acids is 1. The van der Waals surface area contributed by atoms with Gasteiger partial charge in [0.2, 0.25) is 5.91 Å². The van der Waals surface area contributed by atoms with Gasteiger partial charge < -0.3 is 15.8 Å². The summed E-state index contributed by atoms with van der Waals surface area (Å²) in [4.78, 5) is 11.1. The number of benzene rings is 1. The van der Waals surface area contributed by atoms with E-state index in [1.165, 1.54) is 6.92 Å². The molecule has 0 spiro atoms. The number of rotatable bonds is 4. The average Bonchev–Trinajstić information content (AvgIpc) is 2.18. The monoisotopic (exact) mass is 236 g/mol. The highest BCUT2D eigenvalue weighted by Gasteiger charge is 2.16. The van der Waals surface area contributed by atoms with Crippen LogP contribution in [0.1, 0.15) is 33.3 Å². The van der Waals surface area contributed by atoms with Gasteiger partial charge in [-0.05, 0) is 38.5 Å². The first kappa shape index (κ1) is 13.5. The second kappa shape index (κ2) is 5.19. The lowest BCUT2D eigenvalue weighted by molar-refractivity contribution is -0.114. The van der Waals surface area contributed by atoms with Gasteiger partial charge in [-0.25, -0.2) is 0 Å². The lowest BCUT2D eigenvalue weighted by atomic mass is 9.95. The van der Waals surface area contributed by atoms with Gasteiger partial charge in [0.1, 0.15) is 5.75 Å². The number of nitrogens with one attached hydrogen (secondary N) is 1. The number of hydrogen-bond donors (Lipinski definition) is 2. The normalized spacial score (nSPS) is 11.1. The summed E-state index contributed by atoms with van der Waals surface area (Å²) in [5.41, 5.74) is 7.19. The zero-order chi connectivity index (χ0) is 13.1. The molecule has 0 bridgehead atoms.